The van der Waals surface area contributed by atoms with Gasteiger partial charge in [0.05, 0.1) is 17.8 Å². The number of fused-ring (bicyclic) bond motifs is 2. The van der Waals surface area contributed by atoms with Crippen molar-refractivity contribution in [3.05, 3.63) is 48.5 Å². The fraction of sp³-hybridized carbons (Fsp3) is 0.286. The molecule has 2 aromatic rings. The lowest BCUT2D eigenvalue weighted by Crippen LogP contribution is -2.44. The van der Waals surface area contributed by atoms with Gasteiger partial charge >= 0.3 is 12.0 Å². The number of para-hydroxylation sites is 2. The molecular weight excluding hydrogens is 390 g/mol. The lowest BCUT2D eigenvalue weighted by atomic mass is 10.2. The fourth-order valence-electron chi connectivity index (χ4n) is 2.95. The molecule has 0 fully saturated rings. The molecule has 1 aliphatic heterocycles. The third-order valence-corrected chi connectivity index (χ3v) is 5.45. The minimum absolute atomic E-state index is 0.103. The summed E-state index contributed by atoms with van der Waals surface area (Å²) in [6, 6.07) is 15.4. The van der Waals surface area contributed by atoms with Crippen molar-refractivity contribution in [2.45, 2.75) is 36.2 Å². The number of carbonyl (C=O) groups is 3. The third-order valence-electron chi connectivity index (χ3n) is 4.32. The van der Waals surface area contributed by atoms with Crippen molar-refractivity contribution < 1.29 is 19.1 Å². The molecule has 152 valence electrons. The van der Waals surface area contributed by atoms with Crippen LogP contribution < -0.4 is 15.5 Å². The molecular formula is C21H23N3O4S. The molecule has 0 aromatic heterocycles. The lowest BCUT2D eigenvalue weighted by Gasteiger charge is -2.32. The highest BCUT2D eigenvalue weighted by Gasteiger charge is 2.25. The second-order valence-corrected chi connectivity index (χ2v) is 7.50. The maximum absolute atomic E-state index is 12.3. The SMILES string of the molecule is CCNC(=O)NC(=O)C(C)OC(=O)CCN1c2ccccc2Sc2ccccc21. The number of urea groups is 1. The molecule has 0 radical (unpaired) electrons. The van der Waals surface area contributed by atoms with Crippen LogP contribution in [0, 0.1) is 0 Å². The summed E-state index contributed by atoms with van der Waals surface area (Å²) in [6.45, 7) is 3.99. The lowest BCUT2D eigenvalue weighted by molar-refractivity contribution is -0.154. The molecule has 0 saturated heterocycles. The first-order valence-corrected chi connectivity index (χ1v) is 10.2. The van der Waals surface area contributed by atoms with Crippen molar-refractivity contribution in [3.63, 3.8) is 0 Å². The summed E-state index contributed by atoms with van der Waals surface area (Å²) in [5.74, 6) is -1.16. The fourth-order valence-corrected chi connectivity index (χ4v) is 4.05. The Labute approximate surface area is 173 Å². The third kappa shape index (κ3) is 5.08. The number of esters is 1. The van der Waals surface area contributed by atoms with E-state index in [0.29, 0.717) is 13.1 Å². The van der Waals surface area contributed by atoms with Gasteiger partial charge in [0.1, 0.15) is 0 Å². The Hall–Kier alpha value is -3.00. The number of rotatable bonds is 6. The van der Waals surface area contributed by atoms with E-state index in [0.717, 1.165) is 21.2 Å². The van der Waals surface area contributed by atoms with Gasteiger partial charge in [-0.1, -0.05) is 36.0 Å². The van der Waals surface area contributed by atoms with Crippen molar-refractivity contribution in [2.75, 3.05) is 18.0 Å². The van der Waals surface area contributed by atoms with Crippen LogP contribution in [-0.2, 0) is 14.3 Å². The number of hydrogen-bond donors (Lipinski definition) is 2. The molecule has 1 atom stereocenters. The molecule has 2 N–H and O–H groups in total. The Morgan fingerprint density at radius 1 is 1.03 bits per heavy atom. The number of hydrogen-bond acceptors (Lipinski definition) is 6. The summed E-state index contributed by atoms with van der Waals surface area (Å²) in [7, 11) is 0. The van der Waals surface area contributed by atoms with Gasteiger partial charge in [-0.05, 0) is 38.1 Å². The van der Waals surface area contributed by atoms with Crippen LogP contribution >= 0.6 is 11.8 Å². The number of nitrogens with one attached hydrogen (secondary N) is 2. The average Bonchev–Trinajstić information content (AvgIpc) is 2.71. The van der Waals surface area contributed by atoms with Crippen LogP contribution in [0.3, 0.4) is 0 Å². The van der Waals surface area contributed by atoms with E-state index in [9.17, 15) is 14.4 Å². The summed E-state index contributed by atoms with van der Waals surface area (Å²) in [4.78, 5) is 40.0. The Morgan fingerprint density at radius 3 is 2.21 bits per heavy atom. The van der Waals surface area contributed by atoms with E-state index in [4.69, 9.17) is 4.74 Å². The van der Waals surface area contributed by atoms with Crippen molar-refractivity contribution in [1.82, 2.24) is 10.6 Å². The summed E-state index contributed by atoms with van der Waals surface area (Å²) in [6.07, 6.45) is -0.951. The van der Waals surface area contributed by atoms with Crippen molar-refractivity contribution in [3.8, 4) is 0 Å². The second-order valence-electron chi connectivity index (χ2n) is 6.42. The van der Waals surface area contributed by atoms with Gasteiger partial charge in [-0.25, -0.2) is 4.79 Å². The van der Waals surface area contributed by atoms with Gasteiger partial charge in [-0.3, -0.25) is 14.9 Å². The van der Waals surface area contributed by atoms with Gasteiger partial charge in [0.2, 0.25) is 0 Å². The molecule has 7 nitrogen and oxygen atoms in total. The summed E-state index contributed by atoms with van der Waals surface area (Å²) < 4.78 is 5.20. The van der Waals surface area contributed by atoms with Crippen molar-refractivity contribution >= 4 is 41.0 Å². The molecule has 2 aromatic carbocycles. The minimum Gasteiger partial charge on any atom is -0.452 e. The smallest absolute Gasteiger partial charge is 0.321 e. The van der Waals surface area contributed by atoms with E-state index in [-0.39, 0.29) is 6.42 Å². The van der Waals surface area contributed by atoms with Crippen LogP contribution in [0.1, 0.15) is 20.3 Å². The Morgan fingerprint density at radius 2 is 1.62 bits per heavy atom. The predicted octanol–water partition coefficient (Wildman–Crippen LogP) is 3.46. The van der Waals surface area contributed by atoms with Gasteiger partial charge in [-0.15, -0.1) is 0 Å². The van der Waals surface area contributed by atoms with Gasteiger partial charge in [0.15, 0.2) is 6.10 Å². The Bertz CT molecular complexity index is 873. The number of amides is 3. The van der Waals surface area contributed by atoms with Gasteiger partial charge < -0.3 is 15.0 Å². The van der Waals surface area contributed by atoms with E-state index < -0.39 is 24.0 Å². The van der Waals surface area contributed by atoms with E-state index >= 15 is 0 Å². The molecule has 8 heteroatoms. The molecule has 29 heavy (non-hydrogen) atoms. The summed E-state index contributed by atoms with van der Waals surface area (Å²) >= 11 is 1.70. The van der Waals surface area contributed by atoms with Crippen molar-refractivity contribution in [1.29, 1.82) is 0 Å². The van der Waals surface area contributed by atoms with Crippen LogP contribution in [0.15, 0.2) is 58.3 Å². The molecule has 1 heterocycles. The Kier molecular flexibility index (Phi) is 6.77. The van der Waals surface area contributed by atoms with Crippen molar-refractivity contribution in [2.24, 2.45) is 0 Å². The molecule has 3 rings (SSSR count). The normalized spacial score (nSPS) is 13.0. The second kappa shape index (κ2) is 9.47. The first-order chi connectivity index (χ1) is 14.0. The largest absolute Gasteiger partial charge is 0.452 e. The van der Waals surface area contributed by atoms with Gasteiger partial charge in [0.25, 0.3) is 5.91 Å². The minimum atomic E-state index is -1.05. The standard InChI is InChI=1S/C21H23N3O4S/c1-3-22-21(27)23-20(26)14(2)28-19(25)12-13-24-15-8-4-6-10-17(15)29-18-11-7-5-9-16(18)24/h4-11,14H,3,12-13H2,1-2H3,(H2,22,23,26,27). The van der Waals surface area contributed by atoms with Gasteiger partial charge in [-0.2, -0.15) is 0 Å². The highest BCUT2D eigenvalue weighted by molar-refractivity contribution is 7.99. The van der Waals surface area contributed by atoms with Crippen LogP contribution in [0.4, 0.5) is 16.2 Å². The molecule has 0 saturated carbocycles. The van der Waals surface area contributed by atoms with E-state index in [1.165, 1.54) is 6.92 Å². The average molecular weight is 413 g/mol. The van der Waals surface area contributed by atoms with Crippen LogP contribution in [0.2, 0.25) is 0 Å². The zero-order chi connectivity index (χ0) is 20.8. The molecule has 1 unspecified atom stereocenters. The van der Waals surface area contributed by atoms with E-state index in [1.807, 2.05) is 36.4 Å². The zero-order valence-electron chi connectivity index (χ0n) is 16.3. The number of anilines is 2. The quantitative estimate of drug-likeness (QED) is 0.706. The number of imide groups is 1. The number of benzene rings is 2. The molecule has 0 aliphatic carbocycles. The molecule has 1 aliphatic rings. The van der Waals surface area contributed by atoms with Crippen LogP contribution in [0.25, 0.3) is 0 Å². The topological polar surface area (TPSA) is 87.7 Å². The number of ether oxygens (including phenoxy) is 1. The number of carbonyl (C=O) groups excluding carboxylic acids is 3. The monoisotopic (exact) mass is 413 g/mol. The molecule has 3 amide bonds. The summed E-state index contributed by atoms with van der Waals surface area (Å²) in [5, 5.41) is 4.59. The highest BCUT2D eigenvalue weighted by Crippen LogP contribution is 2.47. The molecule has 0 spiro atoms. The van der Waals surface area contributed by atoms with Gasteiger partial charge in [0, 0.05) is 22.9 Å². The first-order valence-electron chi connectivity index (χ1n) is 9.41. The van der Waals surface area contributed by atoms with E-state index in [1.54, 1.807) is 18.7 Å². The maximum atomic E-state index is 12.3. The van der Waals surface area contributed by atoms with Crippen LogP contribution in [-0.4, -0.2) is 37.1 Å². The Balaban J connectivity index is 1.62. The highest BCUT2D eigenvalue weighted by atomic mass is 32.2. The molecule has 0 bridgehead atoms. The maximum Gasteiger partial charge on any atom is 0.321 e. The number of nitrogens with zero attached hydrogens (tertiary/aromatic N) is 1. The van der Waals surface area contributed by atoms with E-state index in [2.05, 4.69) is 27.7 Å². The summed E-state index contributed by atoms with van der Waals surface area (Å²) in [5.41, 5.74) is 2.07. The van der Waals surface area contributed by atoms with Crippen LogP contribution in [0.5, 0.6) is 0 Å². The predicted molar refractivity (Wildman–Crippen MR) is 111 cm³/mol. The first kappa shape index (κ1) is 20.7. The zero-order valence-corrected chi connectivity index (χ0v) is 17.1.